The maximum absolute atomic E-state index is 13.3. The number of carbonyl (C=O) groups excluding carboxylic acids is 3. The number of carbonyl (C=O) groups is 3. The summed E-state index contributed by atoms with van der Waals surface area (Å²) in [6, 6.07) is 9.88. The highest BCUT2D eigenvalue weighted by Crippen LogP contribution is 2.27. The summed E-state index contributed by atoms with van der Waals surface area (Å²) in [5.41, 5.74) is 6.38. The van der Waals surface area contributed by atoms with Gasteiger partial charge in [0.1, 0.15) is 6.61 Å². The number of fused-ring (bicyclic) bond motifs is 1. The zero-order chi connectivity index (χ0) is 37.2. The molecule has 5 heteroatoms. The number of allylic oxidation sites excluding steroid dienone is 3. The number of esters is 1. The van der Waals surface area contributed by atoms with Crippen molar-refractivity contribution in [2.75, 3.05) is 0 Å². The van der Waals surface area contributed by atoms with Crippen molar-refractivity contribution in [1.82, 2.24) is 5.32 Å². The Balaban J connectivity index is 1.73. The van der Waals surface area contributed by atoms with E-state index in [1.165, 1.54) is 125 Å². The smallest absolute Gasteiger partial charge is 0.310 e. The van der Waals surface area contributed by atoms with Gasteiger partial charge < -0.3 is 4.74 Å². The van der Waals surface area contributed by atoms with Gasteiger partial charge in [0.05, 0.1) is 17.5 Å². The summed E-state index contributed by atoms with van der Waals surface area (Å²) >= 11 is 0. The first-order chi connectivity index (χ1) is 25.5. The lowest BCUT2D eigenvalue weighted by atomic mass is 9.90. The van der Waals surface area contributed by atoms with E-state index in [1.54, 1.807) is 18.2 Å². The third kappa shape index (κ3) is 15.9. The van der Waals surface area contributed by atoms with Crippen LogP contribution in [0, 0.1) is 0 Å². The third-order valence-electron chi connectivity index (χ3n) is 10.4. The van der Waals surface area contributed by atoms with Crippen LogP contribution in [0.25, 0.3) is 0 Å². The predicted molar refractivity (Wildman–Crippen MR) is 217 cm³/mol. The Morgan fingerprint density at radius 2 is 1.04 bits per heavy atom. The number of hydrogen-bond donors (Lipinski definition) is 1. The number of unbranched alkanes of at least 4 members (excludes halogenated alkanes) is 18. The molecule has 0 saturated carbocycles. The highest BCUT2D eigenvalue weighted by atomic mass is 16.5. The molecule has 5 nitrogen and oxygen atoms in total. The average Bonchev–Trinajstić information content (AvgIpc) is 3.44. The summed E-state index contributed by atoms with van der Waals surface area (Å²) in [5, 5.41) is 2.35. The fraction of sp³-hybridized carbons (Fsp3) is 0.553. The van der Waals surface area contributed by atoms with Crippen molar-refractivity contribution in [3.05, 3.63) is 107 Å². The van der Waals surface area contributed by atoms with Crippen LogP contribution < -0.4 is 5.32 Å². The van der Waals surface area contributed by atoms with Gasteiger partial charge >= 0.3 is 5.97 Å². The van der Waals surface area contributed by atoms with E-state index in [1.807, 2.05) is 18.2 Å². The van der Waals surface area contributed by atoms with E-state index >= 15 is 0 Å². The molecule has 1 aliphatic heterocycles. The van der Waals surface area contributed by atoms with Gasteiger partial charge in [0.25, 0.3) is 11.8 Å². The molecule has 0 unspecified atom stereocenters. The molecule has 284 valence electrons. The van der Waals surface area contributed by atoms with Gasteiger partial charge in [-0.3, -0.25) is 19.7 Å². The Kier molecular flexibility index (Phi) is 21.4. The summed E-state index contributed by atoms with van der Waals surface area (Å²) in [4.78, 5) is 38.0. The molecule has 0 radical (unpaired) electrons. The van der Waals surface area contributed by atoms with Gasteiger partial charge in [0.15, 0.2) is 0 Å². The molecule has 0 fully saturated rings. The lowest BCUT2D eigenvalue weighted by Gasteiger charge is -2.19. The number of aryl methyl sites for hydroxylation is 3. The monoisotopic (exact) mass is 710 g/mol. The first kappa shape index (κ1) is 42.7. The van der Waals surface area contributed by atoms with E-state index < -0.39 is 11.8 Å². The number of imide groups is 1. The zero-order valence-electron chi connectivity index (χ0n) is 32.3. The number of hydrogen-bond acceptors (Lipinski definition) is 4. The fourth-order valence-electron chi connectivity index (χ4n) is 7.39. The Hall–Kier alpha value is -3.73. The first-order valence-electron chi connectivity index (χ1n) is 20.6. The minimum absolute atomic E-state index is 0.0437. The molecule has 0 aliphatic carbocycles. The van der Waals surface area contributed by atoms with Crippen molar-refractivity contribution >= 4 is 17.8 Å². The molecule has 2 aromatic rings. The van der Waals surface area contributed by atoms with E-state index in [2.05, 4.69) is 37.2 Å². The molecule has 0 spiro atoms. The predicted octanol–water partition coefficient (Wildman–Crippen LogP) is 12.2. The van der Waals surface area contributed by atoms with E-state index in [4.69, 9.17) is 4.74 Å². The molecule has 2 aromatic carbocycles. The second-order valence-corrected chi connectivity index (χ2v) is 14.7. The van der Waals surface area contributed by atoms with E-state index in [-0.39, 0.29) is 19.0 Å². The minimum Gasteiger partial charge on any atom is -0.461 e. The molecule has 1 heterocycles. The highest BCUT2D eigenvalue weighted by molar-refractivity contribution is 6.22. The van der Waals surface area contributed by atoms with Crippen LogP contribution in [-0.2, 0) is 41.8 Å². The van der Waals surface area contributed by atoms with E-state index in [0.717, 1.165) is 51.4 Å². The second kappa shape index (κ2) is 26.1. The molecule has 2 amide bonds. The molecule has 0 saturated heterocycles. The summed E-state index contributed by atoms with van der Waals surface area (Å²) in [6.07, 6.45) is 34.5. The quantitative estimate of drug-likeness (QED) is 0.0366. The van der Waals surface area contributed by atoms with Crippen LogP contribution in [0.15, 0.2) is 68.3 Å². The topological polar surface area (TPSA) is 72.5 Å². The lowest BCUT2D eigenvalue weighted by molar-refractivity contribution is -0.144. The van der Waals surface area contributed by atoms with Crippen LogP contribution in [0.3, 0.4) is 0 Å². The van der Waals surface area contributed by atoms with Crippen molar-refractivity contribution in [3.63, 3.8) is 0 Å². The summed E-state index contributed by atoms with van der Waals surface area (Å²) in [7, 11) is 0. The van der Waals surface area contributed by atoms with Gasteiger partial charge in [0, 0.05) is 0 Å². The fourth-order valence-corrected chi connectivity index (χ4v) is 7.39. The van der Waals surface area contributed by atoms with Crippen molar-refractivity contribution in [1.29, 1.82) is 0 Å². The molecule has 1 aliphatic rings. The van der Waals surface area contributed by atoms with Gasteiger partial charge in [0.2, 0.25) is 0 Å². The van der Waals surface area contributed by atoms with Crippen molar-refractivity contribution in [2.45, 2.75) is 167 Å². The SMILES string of the molecule is C=CCCCCCCCCc1cc(CCCCCCCCC=C)c(COC(=O)Cc2cccc3c2C(=O)NC3=O)c(CCCCCCCCC=C)c1. The van der Waals surface area contributed by atoms with Gasteiger partial charge in [-0.15, -0.1) is 19.7 Å². The van der Waals surface area contributed by atoms with Gasteiger partial charge in [-0.05, 0) is 111 Å². The maximum Gasteiger partial charge on any atom is 0.310 e. The van der Waals surface area contributed by atoms with Crippen molar-refractivity contribution in [2.24, 2.45) is 0 Å². The third-order valence-corrected chi connectivity index (χ3v) is 10.4. The van der Waals surface area contributed by atoms with Crippen LogP contribution >= 0.6 is 0 Å². The Morgan fingerprint density at radius 3 is 1.54 bits per heavy atom. The molecular formula is C47H67NO4. The summed E-state index contributed by atoms with van der Waals surface area (Å²) in [6.45, 7) is 11.8. The summed E-state index contributed by atoms with van der Waals surface area (Å²) < 4.78 is 6.02. The van der Waals surface area contributed by atoms with Crippen LogP contribution in [-0.4, -0.2) is 17.8 Å². The van der Waals surface area contributed by atoms with Gasteiger partial charge in [-0.1, -0.05) is 120 Å². The standard InChI is InChI=1S/C47H67NO4/c1-4-7-10-13-16-19-22-25-29-38-34-39(30-26-23-20-17-14-11-8-5-2)43(40(35-38)31-27-24-21-18-15-12-9-6-3)37-52-44(49)36-41-32-28-33-42-45(41)47(51)48-46(42)50/h4-6,28,32-35H,1-3,7-27,29-31,36-37H2,(H,48,50,51). The second-order valence-electron chi connectivity index (χ2n) is 14.7. The number of amides is 2. The van der Waals surface area contributed by atoms with Crippen LogP contribution in [0.2, 0.25) is 0 Å². The zero-order valence-corrected chi connectivity index (χ0v) is 32.3. The lowest BCUT2D eigenvalue weighted by Crippen LogP contribution is -2.20. The largest absolute Gasteiger partial charge is 0.461 e. The van der Waals surface area contributed by atoms with Crippen molar-refractivity contribution in [3.8, 4) is 0 Å². The molecule has 0 aromatic heterocycles. The van der Waals surface area contributed by atoms with Crippen LogP contribution in [0.5, 0.6) is 0 Å². The molecule has 3 rings (SSSR count). The van der Waals surface area contributed by atoms with Crippen LogP contribution in [0.1, 0.15) is 183 Å². The number of ether oxygens (including phenoxy) is 1. The van der Waals surface area contributed by atoms with E-state index in [0.29, 0.717) is 16.7 Å². The minimum atomic E-state index is -0.447. The number of rotatable bonds is 31. The molecular weight excluding hydrogens is 643 g/mol. The Labute approximate surface area is 315 Å². The highest BCUT2D eigenvalue weighted by Gasteiger charge is 2.30. The van der Waals surface area contributed by atoms with E-state index in [9.17, 15) is 14.4 Å². The van der Waals surface area contributed by atoms with Gasteiger partial charge in [-0.2, -0.15) is 0 Å². The van der Waals surface area contributed by atoms with Crippen molar-refractivity contribution < 1.29 is 19.1 Å². The Morgan fingerprint density at radius 1 is 0.577 bits per heavy atom. The van der Waals surface area contributed by atoms with Crippen LogP contribution in [0.4, 0.5) is 0 Å². The first-order valence-corrected chi connectivity index (χ1v) is 20.6. The molecule has 52 heavy (non-hydrogen) atoms. The molecule has 1 N–H and O–H groups in total. The summed E-state index contributed by atoms with van der Waals surface area (Å²) in [5.74, 6) is -1.24. The number of nitrogens with one attached hydrogen (secondary N) is 1. The van der Waals surface area contributed by atoms with Gasteiger partial charge in [-0.25, -0.2) is 0 Å². The molecule has 0 atom stereocenters. The molecule has 0 bridgehead atoms. The Bertz CT molecular complexity index is 1380. The number of benzene rings is 2. The normalized spacial score (nSPS) is 12.1. The average molecular weight is 710 g/mol. The maximum atomic E-state index is 13.3.